The van der Waals surface area contributed by atoms with Crippen LogP contribution >= 0.6 is 12.4 Å². The Bertz CT molecular complexity index is 79.5. The van der Waals surface area contributed by atoms with E-state index in [-0.39, 0.29) is 18.5 Å². The zero-order valence-electron chi connectivity index (χ0n) is 5.42. The predicted octanol–water partition coefficient (Wildman–Crippen LogP) is 0.528. The molecule has 0 aromatic heterocycles. The van der Waals surface area contributed by atoms with Gasteiger partial charge in [-0.25, -0.2) is 0 Å². The maximum atomic E-state index is 9.11. The molecule has 3 N–H and O–H groups in total. The third-order valence-electron chi connectivity index (χ3n) is 1.92. The molecule has 1 rings (SSSR count). The summed E-state index contributed by atoms with van der Waals surface area (Å²) in [6, 6.07) is 0. The van der Waals surface area contributed by atoms with E-state index in [0.717, 1.165) is 19.3 Å². The van der Waals surface area contributed by atoms with E-state index in [0.29, 0.717) is 12.5 Å². The lowest BCUT2D eigenvalue weighted by atomic mass is 10.1. The van der Waals surface area contributed by atoms with Gasteiger partial charge in [0.15, 0.2) is 0 Å². The number of hydrogen-bond acceptors (Lipinski definition) is 2. The number of rotatable bonds is 1. The van der Waals surface area contributed by atoms with E-state index >= 15 is 0 Å². The summed E-state index contributed by atoms with van der Waals surface area (Å²) in [6.07, 6.45) is 3.14. The average molecular weight is 152 g/mol. The first kappa shape index (κ1) is 9.21. The summed E-state index contributed by atoms with van der Waals surface area (Å²) in [6.45, 7) is 0.654. The van der Waals surface area contributed by atoms with E-state index in [9.17, 15) is 0 Å². The summed E-state index contributed by atoms with van der Waals surface area (Å²) in [4.78, 5) is 0. The fourth-order valence-corrected chi connectivity index (χ4v) is 1.29. The minimum Gasteiger partial charge on any atom is -0.393 e. The summed E-state index contributed by atoms with van der Waals surface area (Å²) >= 11 is 0. The molecule has 0 bridgehead atoms. The number of nitrogens with two attached hydrogens (primary N) is 1. The summed E-state index contributed by atoms with van der Waals surface area (Å²) in [5, 5.41) is 9.11. The van der Waals surface area contributed by atoms with Crippen molar-refractivity contribution in [3.8, 4) is 0 Å². The molecule has 2 atom stereocenters. The molecule has 0 aromatic carbocycles. The minimum atomic E-state index is -0.0972. The molecule has 1 aliphatic rings. The van der Waals surface area contributed by atoms with Crippen molar-refractivity contribution in [2.24, 2.45) is 11.7 Å². The van der Waals surface area contributed by atoms with Crippen LogP contribution in [0.3, 0.4) is 0 Å². The second kappa shape index (κ2) is 4.09. The Kier molecular flexibility index (Phi) is 4.19. The molecule has 1 saturated carbocycles. The molecule has 9 heavy (non-hydrogen) atoms. The van der Waals surface area contributed by atoms with Crippen molar-refractivity contribution in [2.75, 3.05) is 6.54 Å². The van der Waals surface area contributed by atoms with Gasteiger partial charge in [-0.2, -0.15) is 0 Å². The number of hydrogen-bond donors (Lipinski definition) is 2. The maximum Gasteiger partial charge on any atom is 0.0580 e. The van der Waals surface area contributed by atoms with Crippen molar-refractivity contribution in [1.29, 1.82) is 0 Å². The molecule has 1 aliphatic carbocycles. The Hall–Kier alpha value is 0.210. The molecular weight excluding hydrogens is 138 g/mol. The van der Waals surface area contributed by atoms with Crippen LogP contribution in [0, 0.1) is 5.92 Å². The molecule has 0 aromatic rings. The predicted molar refractivity (Wildman–Crippen MR) is 39.7 cm³/mol. The molecule has 3 heteroatoms. The highest BCUT2D eigenvalue weighted by Crippen LogP contribution is 2.23. The van der Waals surface area contributed by atoms with Crippen LogP contribution in [-0.2, 0) is 0 Å². The van der Waals surface area contributed by atoms with Crippen LogP contribution < -0.4 is 5.73 Å². The van der Waals surface area contributed by atoms with Crippen LogP contribution in [0.1, 0.15) is 19.3 Å². The lowest BCUT2D eigenvalue weighted by Crippen LogP contribution is -2.21. The Morgan fingerprint density at radius 2 is 2.11 bits per heavy atom. The van der Waals surface area contributed by atoms with Crippen LogP contribution in [-0.4, -0.2) is 17.8 Å². The molecule has 0 radical (unpaired) electrons. The van der Waals surface area contributed by atoms with Crippen molar-refractivity contribution in [2.45, 2.75) is 25.4 Å². The normalized spacial score (nSPS) is 34.0. The van der Waals surface area contributed by atoms with E-state index in [2.05, 4.69) is 0 Å². The van der Waals surface area contributed by atoms with Crippen molar-refractivity contribution >= 4 is 12.4 Å². The first-order valence-corrected chi connectivity index (χ1v) is 3.22. The maximum absolute atomic E-state index is 9.11. The van der Waals surface area contributed by atoms with Crippen LogP contribution in [0.2, 0.25) is 0 Å². The molecule has 2 unspecified atom stereocenters. The Morgan fingerprint density at radius 3 is 2.33 bits per heavy atom. The first-order chi connectivity index (χ1) is 3.84. The van der Waals surface area contributed by atoms with Crippen molar-refractivity contribution in [3.05, 3.63) is 0 Å². The standard InChI is InChI=1S/C6H13NO.ClH/c7-4-5-2-1-3-6(5)8;/h5-6,8H,1-4,7H2;1H. The summed E-state index contributed by atoms with van der Waals surface area (Å²) < 4.78 is 0. The molecule has 56 valence electrons. The number of halogens is 1. The number of aliphatic hydroxyl groups is 1. The van der Waals surface area contributed by atoms with Gasteiger partial charge < -0.3 is 10.8 Å². The van der Waals surface area contributed by atoms with Gasteiger partial charge in [0.25, 0.3) is 0 Å². The van der Waals surface area contributed by atoms with Crippen LogP contribution in [0.5, 0.6) is 0 Å². The van der Waals surface area contributed by atoms with E-state index < -0.39 is 0 Å². The molecule has 2 nitrogen and oxygen atoms in total. The molecule has 0 aliphatic heterocycles. The zero-order valence-corrected chi connectivity index (χ0v) is 6.23. The highest BCUT2D eigenvalue weighted by molar-refractivity contribution is 5.85. The second-order valence-corrected chi connectivity index (χ2v) is 2.49. The van der Waals surface area contributed by atoms with Gasteiger partial charge in [0, 0.05) is 0 Å². The summed E-state index contributed by atoms with van der Waals surface area (Å²) in [5.74, 6) is 0.398. The SMILES string of the molecule is Cl.NCC1CCCC1O. The minimum absolute atomic E-state index is 0. The van der Waals surface area contributed by atoms with E-state index in [1.807, 2.05) is 0 Å². The fourth-order valence-electron chi connectivity index (χ4n) is 1.29. The lowest BCUT2D eigenvalue weighted by Gasteiger charge is -2.09. The van der Waals surface area contributed by atoms with E-state index in [4.69, 9.17) is 10.8 Å². The summed E-state index contributed by atoms with van der Waals surface area (Å²) in [7, 11) is 0. The molecule has 0 amide bonds. The van der Waals surface area contributed by atoms with Gasteiger partial charge in [-0.1, -0.05) is 6.42 Å². The molecule has 0 spiro atoms. The smallest absolute Gasteiger partial charge is 0.0580 e. The third-order valence-corrected chi connectivity index (χ3v) is 1.92. The van der Waals surface area contributed by atoms with Gasteiger partial charge in [0.2, 0.25) is 0 Å². The quantitative estimate of drug-likeness (QED) is 0.575. The lowest BCUT2D eigenvalue weighted by molar-refractivity contribution is 0.136. The summed E-state index contributed by atoms with van der Waals surface area (Å²) in [5.41, 5.74) is 5.36. The van der Waals surface area contributed by atoms with E-state index in [1.54, 1.807) is 0 Å². The van der Waals surface area contributed by atoms with Crippen LogP contribution in [0.25, 0.3) is 0 Å². The van der Waals surface area contributed by atoms with Crippen molar-refractivity contribution in [1.82, 2.24) is 0 Å². The van der Waals surface area contributed by atoms with Gasteiger partial charge in [-0.15, -0.1) is 12.4 Å². The average Bonchev–Trinajstić information content (AvgIpc) is 2.14. The Balaban J connectivity index is 0.000000640. The van der Waals surface area contributed by atoms with Crippen molar-refractivity contribution < 1.29 is 5.11 Å². The fraction of sp³-hybridized carbons (Fsp3) is 1.00. The van der Waals surface area contributed by atoms with E-state index in [1.165, 1.54) is 0 Å². The number of aliphatic hydroxyl groups excluding tert-OH is 1. The monoisotopic (exact) mass is 151 g/mol. The largest absolute Gasteiger partial charge is 0.393 e. The topological polar surface area (TPSA) is 46.2 Å². The van der Waals surface area contributed by atoms with Gasteiger partial charge in [-0.3, -0.25) is 0 Å². The molecule has 0 saturated heterocycles. The molecular formula is C6H14ClNO. The molecule has 0 heterocycles. The van der Waals surface area contributed by atoms with Gasteiger partial charge in [0.05, 0.1) is 6.10 Å². The van der Waals surface area contributed by atoms with Gasteiger partial charge in [0.1, 0.15) is 0 Å². The van der Waals surface area contributed by atoms with Gasteiger partial charge in [-0.05, 0) is 25.3 Å². The first-order valence-electron chi connectivity index (χ1n) is 3.22. The second-order valence-electron chi connectivity index (χ2n) is 2.49. The van der Waals surface area contributed by atoms with Gasteiger partial charge >= 0.3 is 0 Å². The van der Waals surface area contributed by atoms with Crippen molar-refractivity contribution in [3.63, 3.8) is 0 Å². The Labute approximate surface area is 61.8 Å². The highest BCUT2D eigenvalue weighted by atomic mass is 35.5. The zero-order chi connectivity index (χ0) is 5.98. The Morgan fingerprint density at radius 1 is 1.44 bits per heavy atom. The van der Waals surface area contributed by atoms with Crippen LogP contribution in [0.4, 0.5) is 0 Å². The molecule has 1 fully saturated rings. The highest BCUT2D eigenvalue weighted by Gasteiger charge is 2.22. The van der Waals surface area contributed by atoms with Crippen LogP contribution in [0.15, 0.2) is 0 Å². The third kappa shape index (κ3) is 2.12.